The van der Waals surface area contributed by atoms with Gasteiger partial charge in [-0.3, -0.25) is 9.69 Å². The first-order chi connectivity index (χ1) is 9.50. The average Bonchev–Trinajstić information content (AvgIpc) is 2.45. The van der Waals surface area contributed by atoms with E-state index in [1.807, 2.05) is 11.9 Å². The quantitative estimate of drug-likeness (QED) is 0.584. The maximum absolute atomic E-state index is 12.2. The summed E-state index contributed by atoms with van der Waals surface area (Å²) < 4.78 is 10.9. The third-order valence-electron chi connectivity index (χ3n) is 5.63. The molecular weight excluding hydrogens is 254 g/mol. The molecule has 0 aromatic heterocycles. The van der Waals surface area contributed by atoms with Crippen LogP contribution in [0.4, 0.5) is 0 Å². The van der Waals surface area contributed by atoms with Crippen LogP contribution in [0, 0.1) is 17.3 Å². The molecule has 3 atom stereocenters. The van der Waals surface area contributed by atoms with Crippen LogP contribution in [0.2, 0.25) is 0 Å². The molecule has 2 fully saturated rings. The third kappa shape index (κ3) is 2.29. The highest BCUT2D eigenvalue weighted by Crippen LogP contribution is 2.59. The predicted molar refractivity (Wildman–Crippen MR) is 76.3 cm³/mol. The van der Waals surface area contributed by atoms with E-state index in [1.165, 1.54) is 12.0 Å². The number of likely N-dealkylation sites (N-methyl/N-ethyl adjacent to an activating group) is 1. The molecule has 1 aliphatic heterocycles. The van der Waals surface area contributed by atoms with Crippen LogP contribution in [0.3, 0.4) is 0 Å². The van der Waals surface area contributed by atoms with Crippen LogP contribution in [-0.4, -0.2) is 50.3 Å². The summed E-state index contributed by atoms with van der Waals surface area (Å²) in [6, 6.07) is -0.241. The maximum atomic E-state index is 12.2. The Morgan fingerprint density at radius 3 is 3.00 bits per heavy atom. The van der Waals surface area contributed by atoms with Gasteiger partial charge in [-0.15, -0.1) is 0 Å². The smallest absolute Gasteiger partial charge is 0.326 e. The van der Waals surface area contributed by atoms with E-state index in [-0.39, 0.29) is 12.0 Å². The Morgan fingerprint density at radius 2 is 2.35 bits per heavy atom. The molecule has 4 nitrogen and oxygen atoms in total. The maximum Gasteiger partial charge on any atom is 0.326 e. The predicted octanol–water partition coefficient (Wildman–Crippen LogP) is 1.85. The highest BCUT2D eigenvalue weighted by Gasteiger charge is 2.51. The SMILES string of the molecule is CN1CCOCC1C(=O)OCC1=CC[C@H]2C[C@@H]1C2(C)C. The number of esters is 1. The first-order valence-electron chi connectivity index (χ1n) is 7.63. The highest BCUT2D eigenvalue weighted by molar-refractivity contribution is 5.76. The van der Waals surface area contributed by atoms with Gasteiger partial charge in [0.15, 0.2) is 0 Å². The molecule has 0 aromatic rings. The van der Waals surface area contributed by atoms with Gasteiger partial charge in [0.2, 0.25) is 0 Å². The summed E-state index contributed by atoms with van der Waals surface area (Å²) in [6.45, 7) is 7.07. The number of fused-ring (bicyclic) bond motifs is 1. The van der Waals surface area contributed by atoms with Crippen LogP contribution >= 0.6 is 0 Å². The van der Waals surface area contributed by atoms with Crippen molar-refractivity contribution in [2.24, 2.45) is 17.3 Å². The van der Waals surface area contributed by atoms with Crippen molar-refractivity contribution in [1.29, 1.82) is 0 Å². The molecule has 1 saturated heterocycles. The molecule has 0 radical (unpaired) electrons. The van der Waals surface area contributed by atoms with E-state index in [4.69, 9.17) is 9.47 Å². The van der Waals surface area contributed by atoms with Crippen LogP contribution in [0.1, 0.15) is 26.7 Å². The molecule has 4 rings (SSSR count). The molecule has 2 bridgehead atoms. The highest BCUT2D eigenvalue weighted by atomic mass is 16.5. The number of ether oxygens (including phenoxy) is 2. The summed E-state index contributed by atoms with van der Waals surface area (Å²) in [5, 5.41) is 0. The number of morpholine rings is 1. The standard InChI is InChI=1S/C16H25NO3/c1-16(2)12-5-4-11(13(16)8-12)9-20-15(18)14-10-19-7-6-17(14)3/h4,12-14H,5-10H2,1-3H3/t12-,13-,14?/m0/s1. The Kier molecular flexibility index (Phi) is 3.63. The van der Waals surface area contributed by atoms with Gasteiger partial charge >= 0.3 is 5.97 Å². The molecule has 1 saturated carbocycles. The van der Waals surface area contributed by atoms with Gasteiger partial charge in [-0.1, -0.05) is 19.9 Å². The molecule has 0 amide bonds. The zero-order valence-corrected chi connectivity index (χ0v) is 12.7. The van der Waals surface area contributed by atoms with Crippen molar-refractivity contribution >= 4 is 5.97 Å². The minimum atomic E-state index is -0.241. The normalized spacial score (nSPS) is 36.0. The largest absolute Gasteiger partial charge is 0.460 e. The summed E-state index contributed by atoms with van der Waals surface area (Å²) >= 11 is 0. The second-order valence-corrected chi connectivity index (χ2v) is 7.00. The van der Waals surface area contributed by atoms with Gasteiger partial charge in [-0.05, 0) is 42.7 Å². The lowest BCUT2D eigenvalue weighted by Crippen LogP contribution is -2.50. The number of nitrogens with zero attached hydrogens (tertiary/aromatic N) is 1. The van der Waals surface area contributed by atoms with Gasteiger partial charge in [0.05, 0.1) is 13.2 Å². The van der Waals surface area contributed by atoms with Crippen molar-refractivity contribution in [2.75, 3.05) is 33.4 Å². The molecule has 0 N–H and O–H groups in total. The lowest BCUT2D eigenvalue weighted by atomic mass is 9.49. The van der Waals surface area contributed by atoms with Crippen molar-refractivity contribution < 1.29 is 14.3 Å². The summed E-state index contributed by atoms with van der Waals surface area (Å²) in [7, 11) is 1.95. The minimum absolute atomic E-state index is 0.146. The van der Waals surface area contributed by atoms with E-state index in [0.29, 0.717) is 31.2 Å². The van der Waals surface area contributed by atoms with Crippen LogP contribution in [-0.2, 0) is 14.3 Å². The fourth-order valence-electron chi connectivity index (χ4n) is 3.83. The van der Waals surface area contributed by atoms with Crippen LogP contribution in [0.15, 0.2) is 11.6 Å². The Balaban J connectivity index is 1.55. The topological polar surface area (TPSA) is 38.8 Å². The molecule has 20 heavy (non-hydrogen) atoms. The van der Waals surface area contributed by atoms with Crippen LogP contribution in [0.25, 0.3) is 0 Å². The van der Waals surface area contributed by atoms with E-state index < -0.39 is 0 Å². The average molecular weight is 279 g/mol. The van der Waals surface area contributed by atoms with Gasteiger partial charge in [-0.25, -0.2) is 0 Å². The van der Waals surface area contributed by atoms with Gasteiger partial charge in [-0.2, -0.15) is 0 Å². The molecule has 4 aliphatic rings. The Morgan fingerprint density at radius 1 is 1.55 bits per heavy atom. The summed E-state index contributed by atoms with van der Waals surface area (Å²) in [5.74, 6) is 1.28. The van der Waals surface area contributed by atoms with Crippen LogP contribution < -0.4 is 0 Å². The van der Waals surface area contributed by atoms with Crippen molar-refractivity contribution in [3.63, 3.8) is 0 Å². The minimum Gasteiger partial charge on any atom is -0.460 e. The van der Waals surface area contributed by atoms with Crippen molar-refractivity contribution in [3.8, 4) is 0 Å². The van der Waals surface area contributed by atoms with E-state index in [9.17, 15) is 4.79 Å². The Hall–Kier alpha value is -0.870. The monoisotopic (exact) mass is 279 g/mol. The molecule has 1 heterocycles. The van der Waals surface area contributed by atoms with E-state index >= 15 is 0 Å². The first kappa shape index (κ1) is 14.1. The van der Waals surface area contributed by atoms with Gasteiger partial charge < -0.3 is 9.47 Å². The van der Waals surface area contributed by atoms with Gasteiger partial charge in [0.1, 0.15) is 12.6 Å². The van der Waals surface area contributed by atoms with E-state index in [0.717, 1.165) is 18.9 Å². The molecule has 3 aliphatic carbocycles. The fourth-order valence-corrected chi connectivity index (χ4v) is 3.83. The Labute approximate surface area is 121 Å². The fraction of sp³-hybridized carbons (Fsp3) is 0.812. The van der Waals surface area contributed by atoms with Crippen molar-refractivity contribution in [3.05, 3.63) is 11.6 Å². The molecule has 1 unspecified atom stereocenters. The zero-order chi connectivity index (χ0) is 14.3. The van der Waals surface area contributed by atoms with E-state index in [2.05, 4.69) is 19.9 Å². The van der Waals surface area contributed by atoms with E-state index in [1.54, 1.807) is 0 Å². The number of allylic oxidation sites excluding steroid dienone is 1. The van der Waals surface area contributed by atoms with Crippen LogP contribution in [0.5, 0.6) is 0 Å². The lowest BCUT2D eigenvalue weighted by molar-refractivity contribution is -0.155. The Bertz CT molecular complexity index is 429. The second kappa shape index (κ2) is 5.15. The number of hydrogen-bond donors (Lipinski definition) is 0. The van der Waals surface area contributed by atoms with Crippen molar-refractivity contribution in [2.45, 2.75) is 32.7 Å². The van der Waals surface area contributed by atoms with Gasteiger partial charge in [0.25, 0.3) is 0 Å². The first-order valence-corrected chi connectivity index (χ1v) is 7.63. The van der Waals surface area contributed by atoms with Crippen molar-refractivity contribution in [1.82, 2.24) is 4.90 Å². The number of rotatable bonds is 3. The number of carbonyl (C=O) groups excluding carboxylic acids is 1. The lowest BCUT2D eigenvalue weighted by Gasteiger charge is -2.56. The summed E-state index contributed by atoms with van der Waals surface area (Å²) in [4.78, 5) is 14.2. The molecule has 112 valence electrons. The second-order valence-electron chi connectivity index (χ2n) is 7.00. The molecule has 4 heteroatoms. The summed E-state index contributed by atoms with van der Waals surface area (Å²) in [5.41, 5.74) is 1.71. The number of hydrogen-bond acceptors (Lipinski definition) is 4. The number of carbonyl (C=O) groups is 1. The third-order valence-corrected chi connectivity index (χ3v) is 5.63. The summed E-state index contributed by atoms with van der Waals surface area (Å²) in [6.07, 6.45) is 4.70. The zero-order valence-electron chi connectivity index (χ0n) is 12.7. The molecule has 0 spiro atoms. The molecule has 0 aromatic carbocycles. The van der Waals surface area contributed by atoms with Gasteiger partial charge in [0, 0.05) is 6.54 Å². The molecular formula is C16H25NO3.